The number of hydrogen-bond acceptors (Lipinski definition) is 3. The van der Waals surface area contributed by atoms with Crippen LogP contribution in [0.25, 0.3) is 0 Å². The number of aliphatic carboxylic acids is 1. The molecule has 0 aliphatic rings. The van der Waals surface area contributed by atoms with Crippen LogP contribution in [0.1, 0.15) is 63.9 Å². The van der Waals surface area contributed by atoms with Gasteiger partial charge in [-0.05, 0) is 48.4 Å². The van der Waals surface area contributed by atoms with Gasteiger partial charge in [-0.1, -0.05) is 68.7 Å². The van der Waals surface area contributed by atoms with E-state index in [1.54, 1.807) is 24.3 Å². The van der Waals surface area contributed by atoms with Crippen molar-refractivity contribution in [2.75, 3.05) is 5.32 Å². The molecule has 0 saturated heterocycles. The summed E-state index contributed by atoms with van der Waals surface area (Å²) < 4.78 is 5.76. The Bertz CT molecular complexity index is 845. The van der Waals surface area contributed by atoms with Crippen LogP contribution >= 0.6 is 23.2 Å². The summed E-state index contributed by atoms with van der Waals surface area (Å²) in [6.45, 7) is 2.20. The zero-order valence-corrected chi connectivity index (χ0v) is 19.3. The number of amides is 1. The maximum absolute atomic E-state index is 12.1. The number of nitrogens with one attached hydrogen (secondary N) is 1. The van der Waals surface area contributed by atoms with Crippen molar-refractivity contribution in [3.05, 3.63) is 52.0 Å². The lowest BCUT2D eigenvalue weighted by Crippen LogP contribution is -2.10. The predicted molar refractivity (Wildman–Crippen MR) is 126 cm³/mol. The molecule has 0 spiro atoms. The molecule has 2 rings (SSSR count). The van der Waals surface area contributed by atoms with Gasteiger partial charge in [0.25, 0.3) is 0 Å². The van der Waals surface area contributed by atoms with Crippen LogP contribution in [-0.2, 0) is 16.0 Å². The standard InChI is InChI=1S/C24H29Cl2NO4/c1-2-3-4-5-6-7-8-9-22(28)27-18-10-12-19(13-11-18)31-24-20(25)14-17(15-21(24)26)16-23(29)30/h10-15H,2-9,16H2,1H3,(H,27,28)(H,29,30). The molecule has 2 aromatic rings. The molecule has 168 valence electrons. The first-order chi connectivity index (χ1) is 14.9. The molecule has 5 nitrogen and oxygen atoms in total. The second kappa shape index (κ2) is 13.2. The van der Waals surface area contributed by atoms with Gasteiger partial charge in [-0.15, -0.1) is 0 Å². The Hall–Kier alpha value is -2.24. The molecule has 2 N–H and O–H groups in total. The molecule has 0 radical (unpaired) electrons. The lowest BCUT2D eigenvalue weighted by Gasteiger charge is -2.12. The molecule has 7 heteroatoms. The van der Waals surface area contributed by atoms with Gasteiger partial charge in [0.05, 0.1) is 16.5 Å². The summed E-state index contributed by atoms with van der Waals surface area (Å²) in [5, 5.41) is 12.2. The second-order valence-electron chi connectivity index (χ2n) is 7.51. The first-order valence-corrected chi connectivity index (χ1v) is 11.4. The number of halogens is 2. The number of rotatable bonds is 13. The lowest BCUT2D eigenvalue weighted by atomic mass is 10.1. The van der Waals surface area contributed by atoms with E-state index in [1.807, 2.05) is 0 Å². The normalized spacial score (nSPS) is 10.7. The molecule has 1 amide bonds. The van der Waals surface area contributed by atoms with E-state index in [1.165, 1.54) is 44.2 Å². The maximum atomic E-state index is 12.1. The third-order valence-corrected chi connectivity index (χ3v) is 5.34. The third kappa shape index (κ3) is 9.19. The van der Waals surface area contributed by atoms with E-state index in [0.717, 1.165) is 12.8 Å². The quantitative estimate of drug-likeness (QED) is 0.300. The number of carboxylic acid groups (broad SMARTS) is 1. The minimum Gasteiger partial charge on any atom is -0.481 e. The molecule has 0 fully saturated rings. The van der Waals surface area contributed by atoms with Crippen LogP contribution < -0.4 is 10.1 Å². The zero-order chi connectivity index (χ0) is 22.6. The van der Waals surface area contributed by atoms with Gasteiger partial charge in [0.15, 0.2) is 5.75 Å². The van der Waals surface area contributed by atoms with Crippen molar-refractivity contribution in [2.24, 2.45) is 0 Å². The van der Waals surface area contributed by atoms with E-state index in [9.17, 15) is 9.59 Å². The summed E-state index contributed by atoms with van der Waals surface area (Å²) in [5.41, 5.74) is 1.18. The van der Waals surface area contributed by atoms with Gasteiger partial charge in [-0.3, -0.25) is 9.59 Å². The van der Waals surface area contributed by atoms with Crippen LogP contribution in [0.15, 0.2) is 36.4 Å². The fraction of sp³-hybridized carbons (Fsp3) is 0.417. The number of carbonyl (C=O) groups excluding carboxylic acids is 1. The number of unbranched alkanes of at least 4 members (excludes halogenated alkanes) is 6. The van der Waals surface area contributed by atoms with Crippen LogP contribution in [-0.4, -0.2) is 17.0 Å². The Morgan fingerprint density at radius 3 is 2.10 bits per heavy atom. The lowest BCUT2D eigenvalue weighted by molar-refractivity contribution is -0.136. The summed E-state index contributed by atoms with van der Waals surface area (Å²) in [4.78, 5) is 23.0. The molecule has 2 aromatic carbocycles. The van der Waals surface area contributed by atoms with Crippen molar-refractivity contribution in [1.29, 1.82) is 0 Å². The van der Waals surface area contributed by atoms with Crippen LogP contribution in [0.2, 0.25) is 10.0 Å². The molecular weight excluding hydrogens is 437 g/mol. The fourth-order valence-electron chi connectivity index (χ4n) is 3.18. The molecule has 0 aliphatic heterocycles. The fourth-order valence-corrected chi connectivity index (χ4v) is 3.79. The molecule has 0 aromatic heterocycles. The van der Waals surface area contributed by atoms with Crippen molar-refractivity contribution in [1.82, 2.24) is 0 Å². The number of ether oxygens (including phenoxy) is 1. The molecule has 31 heavy (non-hydrogen) atoms. The Morgan fingerprint density at radius 2 is 1.52 bits per heavy atom. The van der Waals surface area contributed by atoms with E-state index in [-0.39, 0.29) is 28.1 Å². The van der Waals surface area contributed by atoms with Gasteiger partial charge in [-0.25, -0.2) is 0 Å². The Kier molecular flexibility index (Phi) is 10.7. The predicted octanol–water partition coefficient (Wildman–Crippen LogP) is 7.49. The van der Waals surface area contributed by atoms with Crippen molar-refractivity contribution >= 4 is 40.8 Å². The average molecular weight is 466 g/mol. The summed E-state index contributed by atoms with van der Waals surface area (Å²) in [7, 11) is 0. The number of anilines is 1. The highest BCUT2D eigenvalue weighted by Gasteiger charge is 2.13. The summed E-state index contributed by atoms with van der Waals surface area (Å²) >= 11 is 12.4. The largest absolute Gasteiger partial charge is 0.481 e. The van der Waals surface area contributed by atoms with E-state index >= 15 is 0 Å². The highest BCUT2D eigenvalue weighted by Crippen LogP contribution is 2.37. The molecule has 0 aliphatic carbocycles. The van der Waals surface area contributed by atoms with Gasteiger partial charge >= 0.3 is 5.97 Å². The highest BCUT2D eigenvalue weighted by atomic mass is 35.5. The number of carboxylic acids is 1. The molecule has 0 atom stereocenters. The number of hydrogen-bond donors (Lipinski definition) is 2. The zero-order valence-electron chi connectivity index (χ0n) is 17.8. The first kappa shape index (κ1) is 25.0. The second-order valence-corrected chi connectivity index (χ2v) is 8.32. The summed E-state index contributed by atoms with van der Waals surface area (Å²) in [5.74, 6) is -0.208. The Morgan fingerprint density at radius 1 is 0.935 bits per heavy atom. The number of carbonyl (C=O) groups is 2. The summed E-state index contributed by atoms with van der Waals surface area (Å²) in [6.07, 6.45) is 8.55. The molecule has 0 unspecified atom stereocenters. The summed E-state index contributed by atoms with van der Waals surface area (Å²) in [6, 6.07) is 9.96. The smallest absolute Gasteiger partial charge is 0.307 e. The Labute approximate surface area is 193 Å². The SMILES string of the molecule is CCCCCCCCCC(=O)Nc1ccc(Oc2c(Cl)cc(CC(=O)O)cc2Cl)cc1. The Balaban J connectivity index is 1.83. The third-order valence-electron chi connectivity index (χ3n) is 4.78. The molecular formula is C24H29Cl2NO4. The van der Waals surface area contributed by atoms with Gasteiger partial charge in [0, 0.05) is 12.1 Å². The minimum absolute atomic E-state index is 0.00216. The highest BCUT2D eigenvalue weighted by molar-refractivity contribution is 6.37. The van der Waals surface area contributed by atoms with Gasteiger partial charge in [0.1, 0.15) is 5.75 Å². The topological polar surface area (TPSA) is 75.6 Å². The monoisotopic (exact) mass is 465 g/mol. The molecule has 0 heterocycles. The van der Waals surface area contributed by atoms with E-state index in [2.05, 4.69) is 12.2 Å². The van der Waals surface area contributed by atoms with Crippen LogP contribution in [0.3, 0.4) is 0 Å². The van der Waals surface area contributed by atoms with E-state index in [0.29, 0.717) is 23.4 Å². The van der Waals surface area contributed by atoms with Gasteiger partial charge < -0.3 is 15.2 Å². The van der Waals surface area contributed by atoms with E-state index < -0.39 is 5.97 Å². The minimum atomic E-state index is -0.967. The molecule has 0 bridgehead atoms. The first-order valence-electron chi connectivity index (χ1n) is 10.7. The van der Waals surface area contributed by atoms with Crippen molar-refractivity contribution in [3.8, 4) is 11.5 Å². The van der Waals surface area contributed by atoms with Gasteiger partial charge in [0.2, 0.25) is 5.91 Å². The van der Waals surface area contributed by atoms with Crippen molar-refractivity contribution in [2.45, 2.75) is 64.7 Å². The van der Waals surface area contributed by atoms with Crippen LogP contribution in [0.5, 0.6) is 11.5 Å². The number of benzene rings is 2. The van der Waals surface area contributed by atoms with Crippen LogP contribution in [0.4, 0.5) is 5.69 Å². The van der Waals surface area contributed by atoms with E-state index in [4.69, 9.17) is 33.0 Å². The van der Waals surface area contributed by atoms with Crippen molar-refractivity contribution in [3.63, 3.8) is 0 Å². The molecule has 0 saturated carbocycles. The average Bonchev–Trinajstić information content (AvgIpc) is 2.71. The van der Waals surface area contributed by atoms with Gasteiger partial charge in [-0.2, -0.15) is 0 Å². The maximum Gasteiger partial charge on any atom is 0.307 e. The van der Waals surface area contributed by atoms with Crippen LogP contribution in [0, 0.1) is 0 Å². The van der Waals surface area contributed by atoms with Crippen molar-refractivity contribution < 1.29 is 19.4 Å².